The van der Waals surface area contributed by atoms with E-state index in [2.05, 4.69) is 9.47 Å². The summed E-state index contributed by atoms with van der Waals surface area (Å²) in [6.07, 6.45) is -1.21. The Morgan fingerprint density at radius 3 is 1.17 bits per heavy atom. The lowest BCUT2D eigenvalue weighted by Crippen LogP contribution is -2.59. The number of nitrogens with zero attached hydrogens (tertiary/aromatic N) is 2. The van der Waals surface area contributed by atoms with Gasteiger partial charge in [-0.3, -0.25) is 49.8 Å². The molecule has 0 aromatic rings. The van der Waals surface area contributed by atoms with Gasteiger partial charge in [0.2, 0.25) is 0 Å². The van der Waals surface area contributed by atoms with Crippen molar-refractivity contribution in [2.45, 2.75) is 127 Å². The Morgan fingerprint density at radius 2 is 0.871 bits per heavy atom. The highest BCUT2D eigenvalue weighted by molar-refractivity contribution is 6.27. The van der Waals surface area contributed by atoms with Crippen molar-refractivity contribution in [2.24, 2.45) is 46.2 Å². The summed E-state index contributed by atoms with van der Waals surface area (Å²) in [4.78, 5) is 160. The first kappa shape index (κ1) is 60.8. The number of carbonyl (C=O) groups excluding carboxylic acids is 12. The number of esters is 8. The Labute approximate surface area is 410 Å². The first-order valence-corrected chi connectivity index (χ1v) is 22.7. The number of ketones is 2. The molecule has 0 spiro atoms. The number of rotatable bonds is 27. The standard InChI is InChI=1S/C40H60Cl2N8O20/c1-19(2)39(47,37(61)65-29(53)15-41)67-35(59)27-7-5-11-49(27)69-33(57)25(45)17-63-31(55)23(43)13-21(51)9-10-22(52)14-24(44)32(56)64-18-26(46)34(58)70-50-12-6-8-28(50)36(60)68-40(48,20(3)4)38(62)66-30(54)16-42/h19-20,23-28H,5-18,43-48H2,1-4H3. The Kier molecular flexibility index (Phi) is 24.3. The van der Waals surface area contributed by atoms with Crippen molar-refractivity contribution in [3.05, 3.63) is 0 Å². The molecule has 8 unspecified atom stereocenters. The summed E-state index contributed by atoms with van der Waals surface area (Å²) in [5.74, 6) is -16.2. The van der Waals surface area contributed by atoms with E-state index in [1.807, 2.05) is 0 Å². The Balaban J connectivity index is 1.77. The molecule has 0 aromatic carbocycles. The van der Waals surface area contributed by atoms with E-state index in [4.69, 9.17) is 86.2 Å². The highest BCUT2D eigenvalue weighted by Crippen LogP contribution is 2.26. The van der Waals surface area contributed by atoms with E-state index in [-0.39, 0.29) is 25.9 Å². The minimum Gasteiger partial charge on any atom is -0.462 e. The number of hydroxylamine groups is 4. The molecular weight excluding hydrogens is 983 g/mol. The molecule has 2 aliphatic rings. The van der Waals surface area contributed by atoms with Gasteiger partial charge in [-0.15, -0.1) is 33.3 Å². The monoisotopic (exact) mass is 1040 g/mol. The molecule has 70 heavy (non-hydrogen) atoms. The lowest BCUT2D eigenvalue weighted by molar-refractivity contribution is -0.213. The number of halogens is 2. The van der Waals surface area contributed by atoms with E-state index >= 15 is 0 Å². The molecule has 12 N–H and O–H groups in total. The SMILES string of the molecule is CC(C)C(N)(OC(=O)C1CCCN1OC(=O)C(N)COC(=O)C(N)CC(=O)CCC(=O)CC(N)C(=O)OCC(N)C(=O)ON1CCCC1C(=O)OC(N)(C(=O)OC(=O)CCl)C(C)C)C(=O)OC(=O)CCl. The molecule has 0 bridgehead atoms. The van der Waals surface area contributed by atoms with Crippen LogP contribution in [0.25, 0.3) is 0 Å². The fraction of sp³-hybridized carbons (Fsp3) is 0.700. The Hall–Kier alpha value is -5.30. The van der Waals surface area contributed by atoms with Crippen molar-refractivity contribution < 1.29 is 95.6 Å². The van der Waals surface area contributed by atoms with E-state index in [0.29, 0.717) is 12.8 Å². The molecule has 2 fully saturated rings. The first-order valence-electron chi connectivity index (χ1n) is 21.6. The second kappa shape index (κ2) is 27.9. The predicted octanol–water partition coefficient (Wildman–Crippen LogP) is -3.75. The highest BCUT2D eigenvalue weighted by atomic mass is 35.5. The van der Waals surface area contributed by atoms with Gasteiger partial charge in [0.1, 0.15) is 72.8 Å². The van der Waals surface area contributed by atoms with Crippen LogP contribution < -0.4 is 34.4 Å². The van der Waals surface area contributed by atoms with Gasteiger partial charge in [-0.1, -0.05) is 27.7 Å². The van der Waals surface area contributed by atoms with Gasteiger partial charge >= 0.3 is 59.7 Å². The van der Waals surface area contributed by atoms with E-state index in [9.17, 15) is 57.5 Å². The summed E-state index contributed by atoms with van der Waals surface area (Å²) in [5.41, 5.74) is 30.4. The van der Waals surface area contributed by atoms with Crippen LogP contribution in [0.2, 0.25) is 0 Å². The maximum atomic E-state index is 13.0. The van der Waals surface area contributed by atoms with Crippen molar-refractivity contribution in [1.29, 1.82) is 0 Å². The molecule has 2 rings (SSSR count). The van der Waals surface area contributed by atoms with Crippen LogP contribution in [0.5, 0.6) is 0 Å². The number of alkyl halides is 2. The minimum atomic E-state index is -2.40. The van der Waals surface area contributed by atoms with E-state index in [1.54, 1.807) is 0 Å². The highest BCUT2D eigenvalue weighted by Gasteiger charge is 2.49. The van der Waals surface area contributed by atoms with Gasteiger partial charge < -0.3 is 61.0 Å². The van der Waals surface area contributed by atoms with Crippen LogP contribution in [0.3, 0.4) is 0 Å². The average Bonchev–Trinajstić information content (AvgIpc) is 3.98. The maximum Gasteiger partial charge on any atom is 0.374 e. The number of hydrogen-bond donors (Lipinski definition) is 6. The zero-order valence-electron chi connectivity index (χ0n) is 38.8. The third-order valence-corrected chi connectivity index (χ3v) is 10.9. The van der Waals surface area contributed by atoms with Crippen LogP contribution in [0.4, 0.5) is 0 Å². The van der Waals surface area contributed by atoms with Crippen LogP contribution in [0, 0.1) is 11.8 Å². The molecule has 30 heteroatoms. The predicted molar refractivity (Wildman–Crippen MR) is 233 cm³/mol. The Morgan fingerprint density at radius 1 is 0.543 bits per heavy atom. The molecule has 2 aliphatic heterocycles. The van der Waals surface area contributed by atoms with Crippen molar-refractivity contribution >= 4 is 94.5 Å². The number of ether oxygens (including phenoxy) is 6. The zero-order valence-corrected chi connectivity index (χ0v) is 40.3. The average molecular weight is 1040 g/mol. The summed E-state index contributed by atoms with van der Waals surface area (Å²) >= 11 is 10.7. The third kappa shape index (κ3) is 17.8. The molecule has 0 saturated carbocycles. The summed E-state index contributed by atoms with van der Waals surface area (Å²) < 4.78 is 29.4. The molecule has 28 nitrogen and oxygen atoms in total. The summed E-state index contributed by atoms with van der Waals surface area (Å²) in [7, 11) is 0. The van der Waals surface area contributed by atoms with E-state index in [1.165, 1.54) is 27.7 Å². The second-order valence-corrected chi connectivity index (χ2v) is 17.2. The first-order chi connectivity index (χ1) is 32.6. The van der Waals surface area contributed by atoms with Crippen molar-refractivity contribution in [2.75, 3.05) is 38.1 Å². The molecule has 2 heterocycles. The summed E-state index contributed by atoms with van der Waals surface area (Å²) in [5, 5.41) is 1.86. The summed E-state index contributed by atoms with van der Waals surface area (Å²) in [6, 6.07) is -8.81. The molecule has 2 saturated heterocycles. The smallest absolute Gasteiger partial charge is 0.374 e. The van der Waals surface area contributed by atoms with Gasteiger partial charge in [0, 0.05) is 50.6 Å². The van der Waals surface area contributed by atoms with E-state index < -0.39 is 181 Å². The largest absolute Gasteiger partial charge is 0.462 e. The molecular formula is C40H60Cl2N8O20. The number of nitrogens with two attached hydrogens (primary N) is 6. The Bertz CT molecular complexity index is 1840. The van der Waals surface area contributed by atoms with Gasteiger partial charge in [0.15, 0.2) is 0 Å². The van der Waals surface area contributed by atoms with Gasteiger partial charge in [0.25, 0.3) is 11.4 Å². The number of hydrogen-bond acceptors (Lipinski definition) is 28. The van der Waals surface area contributed by atoms with Gasteiger partial charge in [-0.25, -0.2) is 19.2 Å². The van der Waals surface area contributed by atoms with Crippen molar-refractivity contribution in [1.82, 2.24) is 10.1 Å². The maximum absolute atomic E-state index is 13.0. The van der Waals surface area contributed by atoms with Gasteiger partial charge in [0.05, 0.1) is 0 Å². The molecule has 0 aliphatic carbocycles. The van der Waals surface area contributed by atoms with Crippen molar-refractivity contribution in [3.8, 4) is 0 Å². The lowest BCUT2D eigenvalue weighted by Gasteiger charge is -2.32. The zero-order chi connectivity index (χ0) is 53.3. The fourth-order valence-corrected chi connectivity index (χ4v) is 6.16. The number of carbonyl (C=O) groups is 12. The fourth-order valence-electron chi connectivity index (χ4n) is 6.05. The molecule has 0 amide bonds. The van der Waals surface area contributed by atoms with Crippen LogP contribution in [-0.2, 0) is 95.6 Å². The van der Waals surface area contributed by atoms with Gasteiger partial charge in [-0.05, 0) is 25.7 Å². The summed E-state index contributed by atoms with van der Waals surface area (Å²) in [6.45, 7) is 4.20. The normalized spacial score (nSPS) is 19.5. The quantitative estimate of drug-likeness (QED) is 0.0151. The lowest BCUT2D eigenvalue weighted by atomic mass is 10.0. The molecule has 8 atom stereocenters. The topological polar surface area (TPSA) is 441 Å². The van der Waals surface area contributed by atoms with Crippen LogP contribution in [0.1, 0.15) is 79.1 Å². The van der Waals surface area contributed by atoms with Crippen LogP contribution in [-0.4, -0.2) is 167 Å². The van der Waals surface area contributed by atoms with E-state index in [0.717, 1.165) is 10.1 Å². The van der Waals surface area contributed by atoms with Gasteiger partial charge in [-0.2, -0.15) is 0 Å². The molecule has 0 aromatic heterocycles. The third-order valence-electron chi connectivity index (χ3n) is 10.5. The number of Topliss-reactive ketones (excluding diaryl/α,β-unsaturated/α-hetero) is 2. The molecule has 394 valence electrons. The molecule has 0 radical (unpaired) electrons. The minimum absolute atomic E-state index is 0.0268. The second-order valence-electron chi connectivity index (χ2n) is 16.6. The van der Waals surface area contributed by atoms with Crippen LogP contribution in [0.15, 0.2) is 0 Å². The van der Waals surface area contributed by atoms with Crippen molar-refractivity contribution in [3.63, 3.8) is 0 Å². The van der Waals surface area contributed by atoms with Crippen LogP contribution >= 0.6 is 23.2 Å².